The van der Waals surface area contributed by atoms with Crippen LogP contribution in [0, 0.1) is 0 Å². The van der Waals surface area contributed by atoms with Crippen molar-refractivity contribution in [3.05, 3.63) is 50.7 Å². The number of rotatable bonds is 5. The van der Waals surface area contributed by atoms with Crippen molar-refractivity contribution in [2.24, 2.45) is 19.1 Å². The molecule has 1 aliphatic heterocycles. The Morgan fingerprint density at radius 3 is 2.37 bits per heavy atom. The fourth-order valence-corrected chi connectivity index (χ4v) is 4.08. The minimum Gasteiger partial charge on any atom is -0.497 e. The Morgan fingerprint density at radius 2 is 1.77 bits per heavy atom. The average Bonchev–Trinajstić information content (AvgIpc) is 3.30. The van der Waals surface area contributed by atoms with Gasteiger partial charge >= 0.3 is 5.69 Å². The van der Waals surface area contributed by atoms with Crippen LogP contribution < -0.4 is 16.0 Å². The van der Waals surface area contributed by atoms with Crippen LogP contribution in [0.25, 0.3) is 0 Å². The Bertz CT molecular complexity index is 1080. The van der Waals surface area contributed by atoms with Crippen molar-refractivity contribution >= 4 is 28.4 Å². The van der Waals surface area contributed by atoms with Crippen LogP contribution in [0.4, 0.5) is 5.69 Å². The van der Waals surface area contributed by atoms with Crippen LogP contribution >= 0.6 is 11.8 Å². The van der Waals surface area contributed by atoms with Crippen LogP contribution in [-0.4, -0.2) is 56.0 Å². The van der Waals surface area contributed by atoms with Gasteiger partial charge in [0.05, 0.1) is 18.6 Å². The van der Waals surface area contributed by atoms with Crippen molar-refractivity contribution in [2.75, 3.05) is 26.0 Å². The maximum atomic E-state index is 12.8. The zero-order valence-corrected chi connectivity index (χ0v) is 17.9. The molecule has 1 amide bonds. The number of amides is 1. The van der Waals surface area contributed by atoms with Gasteiger partial charge in [-0.05, 0) is 37.1 Å². The summed E-state index contributed by atoms with van der Waals surface area (Å²) in [5.41, 5.74) is -0.927. The minimum absolute atomic E-state index is 0.0546. The van der Waals surface area contributed by atoms with Gasteiger partial charge in [0.1, 0.15) is 16.4 Å². The normalized spacial score (nSPS) is 14.2. The van der Waals surface area contributed by atoms with Gasteiger partial charge < -0.3 is 14.7 Å². The number of methoxy groups -OCH3 is 1. The second-order valence-corrected chi connectivity index (χ2v) is 7.86. The molecule has 30 heavy (non-hydrogen) atoms. The lowest BCUT2D eigenvalue weighted by Gasteiger charge is -2.16. The number of carbonyl (C=O) groups excluding carboxylic acids is 1. The Kier molecular flexibility index (Phi) is 6.66. The lowest BCUT2D eigenvalue weighted by molar-refractivity contribution is -0.127. The highest BCUT2D eigenvalue weighted by Crippen LogP contribution is 2.25. The molecule has 1 aromatic heterocycles. The van der Waals surface area contributed by atoms with E-state index in [0.717, 1.165) is 46.8 Å². The lowest BCUT2D eigenvalue weighted by atomic mass is 10.3. The van der Waals surface area contributed by atoms with Gasteiger partial charge in [-0.15, -0.1) is 0 Å². The fraction of sp³-hybridized carbons (Fsp3) is 0.400. The molecule has 2 aromatic rings. The number of thioether (sulfide) groups is 1. The van der Waals surface area contributed by atoms with Gasteiger partial charge in [0, 0.05) is 27.2 Å². The quantitative estimate of drug-likeness (QED) is 0.563. The summed E-state index contributed by atoms with van der Waals surface area (Å²) in [6.07, 6.45) is 1.96. The Hall–Kier alpha value is -3.01. The maximum absolute atomic E-state index is 12.8. The molecular formula is C20H24N4O5S. The van der Waals surface area contributed by atoms with Gasteiger partial charge in [0.15, 0.2) is 0 Å². The first-order valence-corrected chi connectivity index (χ1v) is 10.4. The Balaban J connectivity index is 2.03. The summed E-state index contributed by atoms with van der Waals surface area (Å²) in [5, 5.41) is 10.7. The van der Waals surface area contributed by atoms with Crippen LogP contribution in [0.3, 0.4) is 0 Å². The van der Waals surface area contributed by atoms with Crippen LogP contribution in [0.15, 0.2) is 38.8 Å². The van der Waals surface area contributed by atoms with E-state index in [1.807, 2.05) is 0 Å². The van der Waals surface area contributed by atoms with E-state index in [0.29, 0.717) is 11.4 Å². The summed E-state index contributed by atoms with van der Waals surface area (Å²) >= 11 is 1.06. The van der Waals surface area contributed by atoms with Crippen molar-refractivity contribution in [2.45, 2.75) is 12.8 Å². The van der Waals surface area contributed by atoms with E-state index in [9.17, 15) is 19.5 Å². The number of aliphatic imine (C=N–C) groups is 1. The minimum atomic E-state index is -0.677. The number of carbonyl (C=O) groups is 1. The molecule has 3 rings (SSSR count). The first kappa shape index (κ1) is 21.7. The van der Waals surface area contributed by atoms with Crippen molar-refractivity contribution < 1.29 is 14.6 Å². The van der Waals surface area contributed by atoms with E-state index in [2.05, 4.69) is 4.99 Å². The third kappa shape index (κ3) is 4.43. The second kappa shape index (κ2) is 9.21. The summed E-state index contributed by atoms with van der Waals surface area (Å²) in [6, 6.07) is 6.83. The number of benzene rings is 1. The topological polar surface area (TPSA) is 106 Å². The van der Waals surface area contributed by atoms with Gasteiger partial charge in [-0.25, -0.2) is 9.79 Å². The molecule has 0 atom stereocenters. The van der Waals surface area contributed by atoms with Crippen LogP contribution in [-0.2, 0) is 18.9 Å². The predicted molar refractivity (Wildman–Crippen MR) is 116 cm³/mol. The highest BCUT2D eigenvalue weighted by atomic mass is 32.2. The number of hydrogen-bond donors (Lipinski definition) is 1. The molecule has 1 fully saturated rings. The summed E-state index contributed by atoms with van der Waals surface area (Å²) in [4.78, 5) is 43.7. The van der Waals surface area contributed by atoms with Gasteiger partial charge in [-0.1, -0.05) is 11.8 Å². The van der Waals surface area contributed by atoms with Crippen molar-refractivity contribution in [1.82, 2.24) is 14.0 Å². The van der Waals surface area contributed by atoms with Gasteiger partial charge in [0.2, 0.25) is 11.8 Å². The summed E-state index contributed by atoms with van der Waals surface area (Å²) in [6.45, 7) is 1.44. The molecule has 2 heterocycles. The Labute approximate surface area is 177 Å². The number of hydrogen-bond acceptors (Lipinski definition) is 7. The van der Waals surface area contributed by atoms with Crippen LogP contribution in [0.1, 0.15) is 18.4 Å². The molecule has 0 spiro atoms. The number of aromatic nitrogens is 2. The molecule has 1 aliphatic rings. The number of aromatic hydroxyl groups is 1. The standard InChI is InChI=1S/C20H24N4O5S/c1-22-18(26)16(19(27)23(2)20(22)28)17(21-13-6-8-14(29-3)9-7-13)30-12-15(25)24-10-4-5-11-24/h6-9,26H,4-5,10-12H2,1-3H3. The van der Waals surface area contributed by atoms with E-state index in [-0.39, 0.29) is 22.3 Å². The molecule has 9 nitrogen and oxygen atoms in total. The molecule has 0 saturated carbocycles. The molecule has 0 bridgehead atoms. The zero-order chi connectivity index (χ0) is 21.8. The zero-order valence-electron chi connectivity index (χ0n) is 17.1. The predicted octanol–water partition coefficient (Wildman–Crippen LogP) is 1.23. The van der Waals surface area contributed by atoms with E-state index >= 15 is 0 Å². The highest BCUT2D eigenvalue weighted by molar-refractivity contribution is 8.15. The number of nitrogens with zero attached hydrogens (tertiary/aromatic N) is 4. The molecule has 1 saturated heterocycles. The third-order valence-corrected chi connectivity index (χ3v) is 5.90. The average molecular weight is 433 g/mol. The van der Waals surface area contributed by atoms with Gasteiger partial charge in [-0.2, -0.15) is 0 Å². The van der Waals surface area contributed by atoms with Crippen molar-refractivity contribution in [1.29, 1.82) is 0 Å². The molecule has 1 N–H and O–H groups in total. The summed E-state index contributed by atoms with van der Waals surface area (Å²) in [7, 11) is 4.25. The molecule has 0 radical (unpaired) electrons. The second-order valence-electron chi connectivity index (χ2n) is 6.90. The largest absolute Gasteiger partial charge is 0.497 e. The summed E-state index contributed by atoms with van der Waals surface area (Å²) in [5.74, 6) is 0.172. The third-order valence-electron chi connectivity index (χ3n) is 4.94. The first-order chi connectivity index (χ1) is 14.3. The molecule has 1 aromatic carbocycles. The van der Waals surface area contributed by atoms with Gasteiger partial charge in [-0.3, -0.25) is 18.7 Å². The van der Waals surface area contributed by atoms with E-state index in [1.165, 1.54) is 14.1 Å². The monoisotopic (exact) mass is 432 g/mol. The highest BCUT2D eigenvalue weighted by Gasteiger charge is 2.24. The number of ether oxygens (including phenoxy) is 1. The SMILES string of the molecule is COc1ccc(N=C(SCC(=O)N2CCCC2)c2c(O)n(C)c(=O)n(C)c2=O)cc1. The van der Waals surface area contributed by atoms with Crippen molar-refractivity contribution in [3.8, 4) is 11.6 Å². The smallest absolute Gasteiger partial charge is 0.333 e. The molecular weight excluding hydrogens is 408 g/mol. The Morgan fingerprint density at radius 1 is 1.13 bits per heavy atom. The molecule has 10 heteroatoms. The molecule has 0 aliphatic carbocycles. The van der Waals surface area contributed by atoms with E-state index < -0.39 is 17.1 Å². The van der Waals surface area contributed by atoms with Crippen LogP contribution in [0.2, 0.25) is 0 Å². The number of likely N-dealkylation sites (tertiary alicyclic amines) is 1. The fourth-order valence-electron chi connectivity index (χ4n) is 3.14. The molecule has 160 valence electrons. The van der Waals surface area contributed by atoms with Crippen LogP contribution in [0.5, 0.6) is 11.6 Å². The maximum Gasteiger partial charge on any atom is 0.333 e. The first-order valence-electron chi connectivity index (χ1n) is 9.46. The molecule has 0 unspecified atom stereocenters. The van der Waals surface area contributed by atoms with Crippen molar-refractivity contribution in [3.63, 3.8) is 0 Å². The van der Waals surface area contributed by atoms with Gasteiger partial charge in [0.25, 0.3) is 5.56 Å². The lowest BCUT2D eigenvalue weighted by Crippen LogP contribution is -2.40. The van der Waals surface area contributed by atoms with E-state index in [4.69, 9.17) is 4.74 Å². The van der Waals surface area contributed by atoms with E-state index in [1.54, 1.807) is 36.3 Å². The summed E-state index contributed by atoms with van der Waals surface area (Å²) < 4.78 is 7.02.